The van der Waals surface area contributed by atoms with Gasteiger partial charge in [-0.25, -0.2) is 0 Å². The standard InChI is InChI=1S/C23H22N2O4/c1-16(26)24-19-11-13-20(14-12-19)25-23(27)18-9-7-17(8-10-18)15-29-22-6-4-3-5-21(22)28-2/h3-14H,15H2,1-2H3,(H,24,26)(H,25,27). The first kappa shape index (κ1) is 19.9. The van der Waals surface area contributed by atoms with E-state index in [1.165, 1.54) is 6.92 Å². The topological polar surface area (TPSA) is 76.7 Å². The van der Waals surface area contributed by atoms with Crippen LogP contribution in [0.1, 0.15) is 22.8 Å². The predicted octanol–water partition coefficient (Wildman–Crippen LogP) is 4.48. The SMILES string of the molecule is COc1ccccc1OCc1ccc(C(=O)Nc2ccc(NC(C)=O)cc2)cc1. The molecule has 2 N–H and O–H groups in total. The van der Waals surface area contributed by atoms with Crippen LogP contribution < -0.4 is 20.1 Å². The Kier molecular flexibility index (Phi) is 6.47. The predicted molar refractivity (Wildman–Crippen MR) is 112 cm³/mol. The van der Waals surface area contributed by atoms with Crippen LogP contribution >= 0.6 is 0 Å². The van der Waals surface area contributed by atoms with E-state index in [1.54, 1.807) is 43.5 Å². The van der Waals surface area contributed by atoms with Crippen molar-refractivity contribution in [3.63, 3.8) is 0 Å². The fourth-order valence-corrected chi connectivity index (χ4v) is 2.69. The molecule has 0 aliphatic rings. The highest BCUT2D eigenvalue weighted by atomic mass is 16.5. The van der Waals surface area contributed by atoms with Crippen molar-refractivity contribution < 1.29 is 19.1 Å². The Morgan fingerprint density at radius 2 is 1.38 bits per heavy atom. The molecule has 0 fully saturated rings. The lowest BCUT2D eigenvalue weighted by Gasteiger charge is -2.11. The lowest BCUT2D eigenvalue weighted by atomic mass is 10.1. The van der Waals surface area contributed by atoms with E-state index in [4.69, 9.17) is 9.47 Å². The highest BCUT2D eigenvalue weighted by Gasteiger charge is 2.08. The highest BCUT2D eigenvalue weighted by molar-refractivity contribution is 6.04. The Balaban J connectivity index is 1.57. The normalized spacial score (nSPS) is 10.1. The van der Waals surface area contributed by atoms with Crippen molar-refractivity contribution in [3.05, 3.63) is 83.9 Å². The summed E-state index contributed by atoms with van der Waals surface area (Å²) in [5.41, 5.74) is 2.80. The highest BCUT2D eigenvalue weighted by Crippen LogP contribution is 2.26. The second kappa shape index (κ2) is 9.41. The van der Waals surface area contributed by atoms with Gasteiger partial charge in [0.1, 0.15) is 6.61 Å². The smallest absolute Gasteiger partial charge is 0.255 e. The molecule has 29 heavy (non-hydrogen) atoms. The van der Waals surface area contributed by atoms with Gasteiger partial charge in [-0.3, -0.25) is 9.59 Å². The fraction of sp³-hybridized carbons (Fsp3) is 0.130. The minimum absolute atomic E-state index is 0.142. The van der Waals surface area contributed by atoms with E-state index in [9.17, 15) is 9.59 Å². The number of benzene rings is 3. The average molecular weight is 390 g/mol. The van der Waals surface area contributed by atoms with Crippen molar-refractivity contribution in [1.29, 1.82) is 0 Å². The Bertz CT molecular complexity index is 983. The number of hydrogen-bond acceptors (Lipinski definition) is 4. The van der Waals surface area contributed by atoms with Gasteiger partial charge in [0.15, 0.2) is 11.5 Å². The van der Waals surface area contributed by atoms with Crippen molar-refractivity contribution in [1.82, 2.24) is 0 Å². The minimum atomic E-state index is -0.213. The zero-order valence-corrected chi connectivity index (χ0v) is 16.3. The molecule has 0 saturated heterocycles. The Hall–Kier alpha value is -3.80. The molecule has 0 aromatic heterocycles. The van der Waals surface area contributed by atoms with Crippen LogP contribution in [0.2, 0.25) is 0 Å². The molecule has 0 atom stereocenters. The molecule has 3 rings (SSSR count). The van der Waals surface area contributed by atoms with Crippen molar-refractivity contribution in [2.24, 2.45) is 0 Å². The summed E-state index contributed by atoms with van der Waals surface area (Å²) in [4.78, 5) is 23.5. The molecule has 0 radical (unpaired) electrons. The van der Waals surface area contributed by atoms with Gasteiger partial charge in [-0.05, 0) is 54.1 Å². The van der Waals surface area contributed by atoms with E-state index in [0.717, 1.165) is 5.56 Å². The van der Waals surface area contributed by atoms with Crippen LogP contribution in [-0.4, -0.2) is 18.9 Å². The van der Waals surface area contributed by atoms with Crippen LogP contribution in [0.3, 0.4) is 0 Å². The third kappa shape index (κ3) is 5.59. The summed E-state index contributed by atoms with van der Waals surface area (Å²) in [6.07, 6.45) is 0. The second-order valence-electron chi connectivity index (χ2n) is 6.35. The number of amides is 2. The molecule has 6 nitrogen and oxygen atoms in total. The number of anilines is 2. The van der Waals surface area contributed by atoms with Crippen LogP contribution in [0, 0.1) is 0 Å². The molecular formula is C23H22N2O4. The van der Waals surface area contributed by atoms with Gasteiger partial charge >= 0.3 is 0 Å². The molecule has 0 bridgehead atoms. The first-order valence-corrected chi connectivity index (χ1v) is 9.09. The van der Waals surface area contributed by atoms with Crippen LogP contribution in [0.5, 0.6) is 11.5 Å². The molecule has 0 unspecified atom stereocenters. The van der Waals surface area contributed by atoms with Gasteiger partial charge in [0.2, 0.25) is 5.91 Å². The molecule has 0 spiro atoms. The van der Waals surface area contributed by atoms with E-state index < -0.39 is 0 Å². The number of para-hydroxylation sites is 2. The molecule has 0 aliphatic carbocycles. The third-order valence-corrected chi connectivity index (χ3v) is 4.14. The lowest BCUT2D eigenvalue weighted by Crippen LogP contribution is -2.12. The molecule has 0 heterocycles. The summed E-state index contributed by atoms with van der Waals surface area (Å²) in [6.45, 7) is 1.81. The summed E-state index contributed by atoms with van der Waals surface area (Å²) < 4.78 is 11.1. The number of hydrogen-bond donors (Lipinski definition) is 2. The molecule has 0 aliphatic heterocycles. The maximum Gasteiger partial charge on any atom is 0.255 e. The van der Waals surface area contributed by atoms with Gasteiger partial charge in [-0.15, -0.1) is 0 Å². The number of ether oxygens (including phenoxy) is 2. The fourth-order valence-electron chi connectivity index (χ4n) is 2.69. The summed E-state index contributed by atoms with van der Waals surface area (Å²) in [5.74, 6) is 0.985. The van der Waals surface area contributed by atoms with E-state index in [0.29, 0.717) is 35.0 Å². The summed E-state index contributed by atoms with van der Waals surface area (Å²) in [6, 6.07) is 21.6. The largest absolute Gasteiger partial charge is 0.493 e. The van der Waals surface area contributed by atoms with Crippen molar-refractivity contribution in [2.45, 2.75) is 13.5 Å². The molecule has 3 aromatic rings. The van der Waals surface area contributed by atoms with Crippen LogP contribution in [0.15, 0.2) is 72.8 Å². The molecule has 2 amide bonds. The van der Waals surface area contributed by atoms with Gasteiger partial charge in [0.05, 0.1) is 7.11 Å². The number of carbonyl (C=O) groups is 2. The molecule has 148 valence electrons. The van der Waals surface area contributed by atoms with Gasteiger partial charge in [-0.1, -0.05) is 24.3 Å². The molecule has 3 aromatic carbocycles. The van der Waals surface area contributed by atoms with Gasteiger partial charge in [0.25, 0.3) is 5.91 Å². The number of methoxy groups -OCH3 is 1. The Morgan fingerprint density at radius 3 is 1.97 bits per heavy atom. The van der Waals surface area contributed by atoms with Gasteiger partial charge < -0.3 is 20.1 Å². The van der Waals surface area contributed by atoms with Crippen LogP contribution in [-0.2, 0) is 11.4 Å². The molecule has 6 heteroatoms. The average Bonchev–Trinajstić information content (AvgIpc) is 2.74. The zero-order chi connectivity index (χ0) is 20.6. The first-order chi connectivity index (χ1) is 14.0. The second-order valence-corrected chi connectivity index (χ2v) is 6.35. The van der Waals surface area contributed by atoms with Gasteiger partial charge in [-0.2, -0.15) is 0 Å². The van der Waals surface area contributed by atoms with Gasteiger partial charge in [0, 0.05) is 23.9 Å². The zero-order valence-electron chi connectivity index (χ0n) is 16.3. The number of rotatable bonds is 7. The van der Waals surface area contributed by atoms with E-state index in [-0.39, 0.29) is 11.8 Å². The maximum absolute atomic E-state index is 12.4. The Labute approximate surface area is 169 Å². The van der Waals surface area contributed by atoms with Crippen molar-refractivity contribution in [3.8, 4) is 11.5 Å². The monoisotopic (exact) mass is 390 g/mol. The third-order valence-electron chi connectivity index (χ3n) is 4.14. The molecule has 0 saturated carbocycles. The number of nitrogens with one attached hydrogen (secondary N) is 2. The maximum atomic E-state index is 12.4. The van der Waals surface area contributed by atoms with E-state index >= 15 is 0 Å². The van der Waals surface area contributed by atoms with Crippen LogP contribution in [0.25, 0.3) is 0 Å². The Morgan fingerprint density at radius 1 is 0.793 bits per heavy atom. The van der Waals surface area contributed by atoms with E-state index in [2.05, 4.69) is 10.6 Å². The number of carbonyl (C=O) groups excluding carboxylic acids is 2. The lowest BCUT2D eigenvalue weighted by molar-refractivity contribution is -0.114. The molecular weight excluding hydrogens is 368 g/mol. The van der Waals surface area contributed by atoms with E-state index in [1.807, 2.05) is 36.4 Å². The van der Waals surface area contributed by atoms with Crippen LogP contribution in [0.4, 0.5) is 11.4 Å². The minimum Gasteiger partial charge on any atom is -0.493 e. The summed E-state index contributed by atoms with van der Waals surface area (Å²) in [5, 5.41) is 5.51. The quantitative estimate of drug-likeness (QED) is 0.623. The first-order valence-electron chi connectivity index (χ1n) is 9.09. The van der Waals surface area contributed by atoms with Crippen molar-refractivity contribution in [2.75, 3.05) is 17.7 Å². The summed E-state index contributed by atoms with van der Waals surface area (Å²) in [7, 11) is 1.60. The summed E-state index contributed by atoms with van der Waals surface area (Å²) >= 11 is 0. The van der Waals surface area contributed by atoms with Crippen molar-refractivity contribution >= 4 is 23.2 Å².